The van der Waals surface area contributed by atoms with E-state index in [4.69, 9.17) is 4.74 Å². The van der Waals surface area contributed by atoms with Crippen molar-refractivity contribution in [1.82, 2.24) is 4.90 Å². The summed E-state index contributed by atoms with van der Waals surface area (Å²) in [6.07, 6.45) is 0. The predicted octanol–water partition coefficient (Wildman–Crippen LogP) is 3.23. The number of carbonyl (C=O) groups excluding carboxylic acids is 1. The zero-order valence-corrected chi connectivity index (χ0v) is 16.7. The highest BCUT2D eigenvalue weighted by Crippen LogP contribution is 2.18. The monoisotopic (exact) mass is 390 g/mol. The first kappa shape index (κ1) is 20.9. The number of rotatable bonds is 9. The molecule has 0 unspecified atom stereocenters. The fourth-order valence-electron chi connectivity index (χ4n) is 2.63. The molecule has 0 fully saturated rings. The fourth-order valence-corrected chi connectivity index (χ4v) is 3.70. The zero-order chi connectivity index (χ0) is 19.9. The molecule has 0 aliphatic carbocycles. The van der Waals surface area contributed by atoms with Gasteiger partial charge in [-0.1, -0.05) is 38.1 Å². The van der Waals surface area contributed by atoms with Crippen LogP contribution in [0.3, 0.4) is 0 Å². The van der Waals surface area contributed by atoms with Gasteiger partial charge in [-0.25, -0.2) is 8.42 Å². The lowest BCUT2D eigenvalue weighted by molar-refractivity contribution is 0.0672. The first-order valence-corrected chi connectivity index (χ1v) is 10.3. The van der Waals surface area contributed by atoms with E-state index >= 15 is 0 Å². The van der Waals surface area contributed by atoms with Gasteiger partial charge in [0.15, 0.2) is 0 Å². The summed E-state index contributed by atoms with van der Waals surface area (Å²) < 4.78 is 32.6. The quantitative estimate of drug-likeness (QED) is 0.713. The van der Waals surface area contributed by atoms with Crippen LogP contribution in [0.4, 0.5) is 5.69 Å². The normalized spacial score (nSPS) is 11.4. The molecule has 1 amide bonds. The maximum Gasteiger partial charge on any atom is 0.261 e. The molecule has 2 aromatic carbocycles. The summed E-state index contributed by atoms with van der Waals surface area (Å²) >= 11 is 0. The minimum absolute atomic E-state index is 0.151. The van der Waals surface area contributed by atoms with Crippen molar-refractivity contribution in [2.45, 2.75) is 18.7 Å². The second-order valence-electron chi connectivity index (χ2n) is 6.64. The Balaban J connectivity index is 2.21. The van der Waals surface area contributed by atoms with Crippen molar-refractivity contribution in [1.29, 1.82) is 0 Å². The van der Waals surface area contributed by atoms with Gasteiger partial charge in [-0.3, -0.25) is 9.52 Å². The van der Waals surface area contributed by atoms with E-state index in [2.05, 4.69) is 4.72 Å². The average Bonchev–Trinajstić information content (AvgIpc) is 2.65. The minimum Gasteiger partial charge on any atom is -0.383 e. The molecule has 27 heavy (non-hydrogen) atoms. The summed E-state index contributed by atoms with van der Waals surface area (Å²) in [6, 6.07) is 14.6. The number of benzene rings is 2. The van der Waals surface area contributed by atoms with Crippen molar-refractivity contribution in [3.05, 3.63) is 60.2 Å². The Morgan fingerprint density at radius 3 is 2.44 bits per heavy atom. The third-order valence-corrected chi connectivity index (χ3v) is 5.25. The molecule has 6 nitrogen and oxygen atoms in total. The lowest BCUT2D eigenvalue weighted by Crippen LogP contribution is -2.36. The number of carbonyl (C=O) groups is 1. The largest absolute Gasteiger partial charge is 0.383 e. The van der Waals surface area contributed by atoms with E-state index in [1.807, 2.05) is 13.8 Å². The lowest BCUT2D eigenvalue weighted by Gasteiger charge is -2.24. The van der Waals surface area contributed by atoms with Gasteiger partial charge in [0.1, 0.15) is 0 Å². The molecule has 2 rings (SSSR count). The maximum absolute atomic E-state index is 12.9. The smallest absolute Gasteiger partial charge is 0.261 e. The Hall–Kier alpha value is -2.38. The van der Waals surface area contributed by atoms with Gasteiger partial charge in [0, 0.05) is 31.5 Å². The third-order valence-electron chi connectivity index (χ3n) is 3.85. The summed E-state index contributed by atoms with van der Waals surface area (Å²) in [7, 11) is -2.11. The maximum atomic E-state index is 12.9. The van der Waals surface area contributed by atoms with E-state index in [0.717, 1.165) is 0 Å². The van der Waals surface area contributed by atoms with Crippen LogP contribution in [-0.4, -0.2) is 46.0 Å². The molecule has 0 aliphatic rings. The second-order valence-corrected chi connectivity index (χ2v) is 8.32. The van der Waals surface area contributed by atoms with Crippen LogP contribution < -0.4 is 4.72 Å². The summed E-state index contributed by atoms with van der Waals surface area (Å²) in [6.45, 7) is 5.60. The van der Waals surface area contributed by atoms with Crippen LogP contribution in [0.25, 0.3) is 0 Å². The van der Waals surface area contributed by atoms with Crippen LogP contribution in [0.1, 0.15) is 24.2 Å². The predicted molar refractivity (Wildman–Crippen MR) is 106 cm³/mol. The van der Waals surface area contributed by atoms with Gasteiger partial charge in [-0.15, -0.1) is 0 Å². The highest BCUT2D eigenvalue weighted by molar-refractivity contribution is 7.92. The first-order chi connectivity index (χ1) is 12.8. The van der Waals surface area contributed by atoms with E-state index < -0.39 is 10.0 Å². The van der Waals surface area contributed by atoms with Crippen LogP contribution in [0, 0.1) is 5.92 Å². The fraction of sp³-hybridized carbons (Fsp3) is 0.350. The number of anilines is 1. The lowest BCUT2D eigenvalue weighted by atomic mass is 10.1. The third kappa shape index (κ3) is 6.08. The molecular formula is C20H26N2O4S. The van der Waals surface area contributed by atoms with E-state index in [9.17, 15) is 13.2 Å². The second kappa shape index (κ2) is 9.53. The van der Waals surface area contributed by atoms with Crippen LogP contribution in [0.15, 0.2) is 59.5 Å². The Morgan fingerprint density at radius 2 is 1.81 bits per heavy atom. The van der Waals surface area contributed by atoms with Crippen molar-refractivity contribution in [3.8, 4) is 0 Å². The van der Waals surface area contributed by atoms with Crippen molar-refractivity contribution in [3.63, 3.8) is 0 Å². The molecular weight excluding hydrogens is 364 g/mol. The number of amides is 1. The molecule has 0 saturated heterocycles. The molecule has 2 aromatic rings. The van der Waals surface area contributed by atoms with E-state index in [0.29, 0.717) is 36.9 Å². The van der Waals surface area contributed by atoms with Gasteiger partial charge in [0.25, 0.3) is 15.9 Å². The number of sulfonamides is 1. The summed E-state index contributed by atoms with van der Waals surface area (Å²) in [5.41, 5.74) is 0.779. The number of nitrogens with zero attached hydrogens (tertiary/aromatic N) is 1. The Bertz CT molecular complexity index is 851. The van der Waals surface area contributed by atoms with E-state index in [-0.39, 0.29) is 10.8 Å². The molecule has 0 aromatic heterocycles. The van der Waals surface area contributed by atoms with Gasteiger partial charge in [-0.05, 0) is 36.2 Å². The Kier molecular flexibility index (Phi) is 7.38. The van der Waals surface area contributed by atoms with Crippen LogP contribution in [0.5, 0.6) is 0 Å². The standard InChI is InChI=1S/C20H26N2O4S/c1-16(2)15-22(12-13-26-3)20(23)17-8-7-9-18(14-17)21-27(24,25)19-10-5-4-6-11-19/h4-11,14,16,21H,12-13,15H2,1-3H3. The summed E-state index contributed by atoms with van der Waals surface area (Å²) in [5, 5.41) is 0. The number of methoxy groups -OCH3 is 1. The Morgan fingerprint density at radius 1 is 1.11 bits per heavy atom. The minimum atomic E-state index is -3.70. The zero-order valence-electron chi connectivity index (χ0n) is 15.9. The van der Waals surface area contributed by atoms with E-state index in [1.165, 1.54) is 12.1 Å². The molecule has 0 aliphatic heterocycles. The average molecular weight is 391 g/mol. The number of nitrogens with one attached hydrogen (secondary N) is 1. The number of hydrogen-bond donors (Lipinski definition) is 1. The molecule has 0 radical (unpaired) electrons. The number of ether oxygens (including phenoxy) is 1. The highest BCUT2D eigenvalue weighted by Gasteiger charge is 2.18. The molecule has 1 N–H and O–H groups in total. The van der Waals surface area contributed by atoms with Crippen molar-refractivity contribution in [2.75, 3.05) is 31.5 Å². The summed E-state index contributed by atoms with van der Waals surface area (Å²) in [4.78, 5) is 14.8. The van der Waals surface area contributed by atoms with Crippen molar-refractivity contribution >= 4 is 21.6 Å². The molecule has 0 bridgehead atoms. The number of hydrogen-bond acceptors (Lipinski definition) is 4. The van der Waals surface area contributed by atoms with Crippen LogP contribution in [0.2, 0.25) is 0 Å². The van der Waals surface area contributed by atoms with Gasteiger partial charge in [0.2, 0.25) is 0 Å². The molecule has 0 saturated carbocycles. The van der Waals surface area contributed by atoms with Crippen molar-refractivity contribution in [2.24, 2.45) is 5.92 Å². The molecule has 7 heteroatoms. The van der Waals surface area contributed by atoms with Gasteiger partial charge < -0.3 is 9.64 Å². The van der Waals surface area contributed by atoms with Gasteiger partial charge in [-0.2, -0.15) is 0 Å². The molecule has 0 heterocycles. The SMILES string of the molecule is COCCN(CC(C)C)C(=O)c1cccc(NS(=O)(=O)c2ccccc2)c1. The molecule has 0 spiro atoms. The van der Waals surface area contributed by atoms with Gasteiger partial charge in [0.05, 0.1) is 11.5 Å². The van der Waals surface area contributed by atoms with E-state index in [1.54, 1.807) is 54.5 Å². The molecule has 146 valence electrons. The van der Waals surface area contributed by atoms with Crippen LogP contribution in [-0.2, 0) is 14.8 Å². The topological polar surface area (TPSA) is 75.7 Å². The summed E-state index contributed by atoms with van der Waals surface area (Å²) in [5.74, 6) is 0.159. The van der Waals surface area contributed by atoms with Crippen molar-refractivity contribution < 1.29 is 17.9 Å². The first-order valence-electron chi connectivity index (χ1n) is 8.79. The molecule has 0 atom stereocenters. The van der Waals surface area contributed by atoms with Crippen LogP contribution >= 0.6 is 0 Å². The Labute approximate surface area is 161 Å². The highest BCUT2D eigenvalue weighted by atomic mass is 32.2. The van der Waals surface area contributed by atoms with Gasteiger partial charge >= 0.3 is 0 Å².